The highest BCUT2D eigenvalue weighted by molar-refractivity contribution is 7.09. The van der Waals surface area contributed by atoms with E-state index < -0.39 is 0 Å². The van der Waals surface area contributed by atoms with Crippen LogP contribution < -0.4 is 10.6 Å². The van der Waals surface area contributed by atoms with Crippen LogP contribution in [-0.4, -0.2) is 41.5 Å². The van der Waals surface area contributed by atoms with Gasteiger partial charge >= 0.3 is 6.03 Å². The lowest BCUT2D eigenvalue weighted by Gasteiger charge is -2.20. The van der Waals surface area contributed by atoms with Crippen LogP contribution in [0.15, 0.2) is 23.6 Å². The second-order valence-electron chi connectivity index (χ2n) is 7.00. The van der Waals surface area contributed by atoms with Crippen LogP contribution in [-0.2, 0) is 12.8 Å². The summed E-state index contributed by atoms with van der Waals surface area (Å²) in [6, 6.07) is 5.44. The largest absolute Gasteiger partial charge is 0.352 e. The number of fused-ring (bicyclic) bond motifs is 1. The fourth-order valence-electron chi connectivity index (χ4n) is 3.64. The third kappa shape index (κ3) is 3.58. The fourth-order valence-corrected chi connectivity index (χ4v) is 4.52. The van der Waals surface area contributed by atoms with Gasteiger partial charge in [-0.25, -0.2) is 9.78 Å². The van der Waals surface area contributed by atoms with Crippen molar-refractivity contribution < 1.29 is 9.59 Å². The Morgan fingerprint density at radius 1 is 1.46 bits per heavy atom. The normalized spacial score (nSPS) is 19.2. The molecule has 1 atom stereocenters. The standard InChI is InChI=1S/C19H22N4O2S/c1-12-11-26-17(21-12)8-13-5-7-23(10-13)19(25)22-15-2-3-16-14(9-15)4-6-20-18(16)24/h2-3,9,11,13H,4-8,10H2,1H3,(H,20,24)(H,22,25). The van der Waals surface area contributed by atoms with Gasteiger partial charge < -0.3 is 15.5 Å². The second kappa shape index (κ2) is 7.07. The lowest BCUT2D eigenvalue weighted by molar-refractivity contribution is 0.0946. The van der Waals surface area contributed by atoms with Gasteiger partial charge in [0, 0.05) is 48.4 Å². The van der Waals surface area contributed by atoms with Crippen molar-refractivity contribution in [2.24, 2.45) is 5.92 Å². The van der Waals surface area contributed by atoms with Crippen LogP contribution in [0.4, 0.5) is 10.5 Å². The van der Waals surface area contributed by atoms with E-state index in [1.54, 1.807) is 23.5 Å². The van der Waals surface area contributed by atoms with E-state index in [1.807, 2.05) is 17.9 Å². The molecule has 26 heavy (non-hydrogen) atoms. The number of hydrogen-bond acceptors (Lipinski definition) is 4. The summed E-state index contributed by atoms with van der Waals surface area (Å²) in [5.74, 6) is 0.433. The third-order valence-electron chi connectivity index (χ3n) is 4.98. The Morgan fingerprint density at radius 3 is 3.15 bits per heavy atom. The maximum absolute atomic E-state index is 12.6. The number of aryl methyl sites for hydroxylation is 1. The number of nitrogens with zero attached hydrogens (tertiary/aromatic N) is 2. The quantitative estimate of drug-likeness (QED) is 0.872. The second-order valence-corrected chi connectivity index (χ2v) is 7.94. The number of hydrogen-bond donors (Lipinski definition) is 2. The number of thiazole rings is 1. The van der Waals surface area contributed by atoms with E-state index in [1.165, 1.54) is 0 Å². The zero-order valence-electron chi connectivity index (χ0n) is 14.7. The zero-order valence-corrected chi connectivity index (χ0v) is 15.6. The van der Waals surface area contributed by atoms with Crippen molar-refractivity contribution in [2.75, 3.05) is 25.0 Å². The van der Waals surface area contributed by atoms with Crippen molar-refractivity contribution in [1.29, 1.82) is 0 Å². The number of likely N-dealkylation sites (tertiary alicyclic amines) is 1. The van der Waals surface area contributed by atoms with Crippen LogP contribution in [0.5, 0.6) is 0 Å². The Hall–Kier alpha value is -2.41. The molecule has 1 saturated heterocycles. The van der Waals surface area contributed by atoms with Crippen LogP contribution in [0.2, 0.25) is 0 Å². The SMILES string of the molecule is Cc1csc(CC2CCN(C(=O)Nc3ccc4c(c3)CCNC4=O)C2)n1. The molecule has 0 spiro atoms. The van der Waals surface area contributed by atoms with Crippen molar-refractivity contribution in [2.45, 2.75) is 26.2 Å². The van der Waals surface area contributed by atoms with E-state index in [2.05, 4.69) is 21.0 Å². The first-order valence-electron chi connectivity index (χ1n) is 8.96. The molecule has 0 aliphatic carbocycles. The molecule has 2 N–H and O–H groups in total. The molecule has 0 bridgehead atoms. The van der Waals surface area contributed by atoms with E-state index in [0.717, 1.165) is 54.3 Å². The van der Waals surface area contributed by atoms with Gasteiger partial charge in [0.25, 0.3) is 5.91 Å². The summed E-state index contributed by atoms with van der Waals surface area (Å²) >= 11 is 1.70. The summed E-state index contributed by atoms with van der Waals surface area (Å²) in [4.78, 5) is 30.8. The number of carbonyl (C=O) groups excluding carboxylic acids is 2. The maximum Gasteiger partial charge on any atom is 0.321 e. The van der Waals surface area contributed by atoms with E-state index >= 15 is 0 Å². The highest BCUT2D eigenvalue weighted by atomic mass is 32.1. The summed E-state index contributed by atoms with van der Waals surface area (Å²) in [5.41, 5.74) is 3.51. The van der Waals surface area contributed by atoms with Crippen LogP contribution >= 0.6 is 11.3 Å². The van der Waals surface area contributed by atoms with Crippen LogP contribution in [0.3, 0.4) is 0 Å². The number of amides is 3. The van der Waals surface area contributed by atoms with Gasteiger partial charge in [-0.2, -0.15) is 0 Å². The van der Waals surface area contributed by atoms with Gasteiger partial charge in [0.15, 0.2) is 0 Å². The van der Waals surface area contributed by atoms with Crippen molar-refractivity contribution >= 4 is 29.0 Å². The van der Waals surface area contributed by atoms with Crippen LogP contribution in [0, 0.1) is 12.8 Å². The van der Waals surface area contributed by atoms with E-state index in [9.17, 15) is 9.59 Å². The van der Waals surface area contributed by atoms with Gasteiger partial charge in [-0.1, -0.05) is 0 Å². The van der Waals surface area contributed by atoms with Gasteiger partial charge in [0.05, 0.1) is 5.01 Å². The molecule has 1 unspecified atom stereocenters. The molecular weight excluding hydrogens is 348 g/mol. The smallest absolute Gasteiger partial charge is 0.321 e. The number of anilines is 1. The number of rotatable bonds is 3. The topological polar surface area (TPSA) is 74.3 Å². The molecule has 1 fully saturated rings. The Bertz CT molecular complexity index is 848. The Labute approximate surface area is 156 Å². The molecule has 2 aromatic rings. The number of carbonyl (C=O) groups is 2. The molecule has 3 heterocycles. The fraction of sp³-hybridized carbons (Fsp3) is 0.421. The highest BCUT2D eigenvalue weighted by Gasteiger charge is 2.27. The summed E-state index contributed by atoms with van der Waals surface area (Å²) < 4.78 is 0. The van der Waals surface area contributed by atoms with Crippen LogP contribution in [0.1, 0.15) is 33.0 Å². The maximum atomic E-state index is 12.6. The number of aromatic nitrogens is 1. The lowest BCUT2D eigenvalue weighted by Crippen LogP contribution is -2.34. The van der Waals surface area contributed by atoms with Gasteiger partial charge in [0.1, 0.15) is 0 Å². The average molecular weight is 370 g/mol. The minimum atomic E-state index is -0.0666. The monoisotopic (exact) mass is 370 g/mol. The first-order valence-corrected chi connectivity index (χ1v) is 9.84. The first kappa shape index (κ1) is 17.0. The van der Waals surface area contributed by atoms with Crippen molar-refractivity contribution in [3.8, 4) is 0 Å². The Morgan fingerprint density at radius 2 is 2.35 bits per heavy atom. The predicted molar refractivity (Wildman–Crippen MR) is 102 cm³/mol. The highest BCUT2D eigenvalue weighted by Crippen LogP contribution is 2.24. The predicted octanol–water partition coefficient (Wildman–Crippen LogP) is 2.83. The van der Waals surface area contributed by atoms with Crippen molar-refractivity contribution in [3.63, 3.8) is 0 Å². The third-order valence-corrected chi connectivity index (χ3v) is 5.97. The molecule has 0 saturated carbocycles. The summed E-state index contributed by atoms with van der Waals surface area (Å²) in [7, 11) is 0. The summed E-state index contributed by atoms with van der Waals surface area (Å²) in [6.45, 7) is 4.19. The molecule has 136 valence electrons. The molecule has 6 nitrogen and oxygen atoms in total. The molecule has 1 aromatic heterocycles. The van der Waals surface area contributed by atoms with Gasteiger partial charge in [-0.3, -0.25) is 4.79 Å². The Kier molecular flexibility index (Phi) is 4.63. The van der Waals surface area contributed by atoms with E-state index in [-0.39, 0.29) is 11.9 Å². The minimum Gasteiger partial charge on any atom is -0.352 e. The summed E-state index contributed by atoms with van der Waals surface area (Å²) in [6.07, 6.45) is 2.75. The molecular formula is C19H22N4O2S. The molecule has 4 rings (SSSR count). The molecule has 3 amide bonds. The van der Waals surface area contributed by atoms with Crippen molar-refractivity contribution in [1.82, 2.24) is 15.2 Å². The number of urea groups is 1. The van der Waals surface area contributed by atoms with Crippen LogP contribution in [0.25, 0.3) is 0 Å². The van der Waals surface area contributed by atoms with Gasteiger partial charge in [-0.05, 0) is 49.4 Å². The minimum absolute atomic E-state index is 0.0380. The van der Waals surface area contributed by atoms with Gasteiger partial charge in [-0.15, -0.1) is 11.3 Å². The lowest BCUT2D eigenvalue weighted by atomic mass is 10.00. The number of benzene rings is 1. The molecule has 7 heteroatoms. The zero-order chi connectivity index (χ0) is 18.1. The van der Waals surface area contributed by atoms with E-state index in [4.69, 9.17) is 0 Å². The summed E-state index contributed by atoms with van der Waals surface area (Å²) in [5, 5.41) is 9.04. The number of nitrogens with one attached hydrogen (secondary N) is 2. The molecule has 1 aromatic carbocycles. The van der Waals surface area contributed by atoms with E-state index in [0.29, 0.717) is 18.0 Å². The molecule has 2 aliphatic rings. The van der Waals surface area contributed by atoms with Crippen molar-refractivity contribution in [3.05, 3.63) is 45.4 Å². The average Bonchev–Trinajstić information content (AvgIpc) is 3.24. The van der Waals surface area contributed by atoms with Gasteiger partial charge in [0.2, 0.25) is 0 Å². The molecule has 0 radical (unpaired) electrons. The molecule has 2 aliphatic heterocycles. The Balaban J connectivity index is 1.36. The first-order chi connectivity index (χ1) is 12.6.